The number of rotatable bonds is 3. The lowest BCUT2D eigenvalue weighted by Gasteiger charge is -2.21. The fourth-order valence-electron chi connectivity index (χ4n) is 1.80. The monoisotopic (exact) mass is 265 g/mol. The van der Waals surface area contributed by atoms with Crippen LogP contribution in [0.3, 0.4) is 0 Å². The Morgan fingerprint density at radius 2 is 1.61 bits per heavy atom. The van der Waals surface area contributed by atoms with Gasteiger partial charge in [0.2, 0.25) is 0 Å². The zero-order chi connectivity index (χ0) is 13.6. The summed E-state index contributed by atoms with van der Waals surface area (Å²) in [7, 11) is 0. The quantitative estimate of drug-likeness (QED) is 0.829. The van der Waals surface area contributed by atoms with Crippen molar-refractivity contribution in [3.05, 3.63) is 35.4 Å². The molecule has 2 rings (SSSR count). The van der Waals surface area contributed by atoms with Crippen LogP contribution in [0.25, 0.3) is 0 Å². The Morgan fingerprint density at radius 1 is 1.06 bits per heavy atom. The Balaban J connectivity index is 2.27. The highest BCUT2D eigenvalue weighted by Crippen LogP contribution is 2.46. The van der Waals surface area contributed by atoms with Crippen molar-refractivity contribution in [2.24, 2.45) is 5.73 Å². The van der Waals surface area contributed by atoms with Crippen LogP contribution in [-0.4, -0.2) is 5.54 Å². The van der Waals surface area contributed by atoms with E-state index in [1.165, 1.54) is 0 Å². The van der Waals surface area contributed by atoms with Crippen LogP contribution in [0.5, 0.6) is 0 Å². The van der Waals surface area contributed by atoms with E-state index in [4.69, 9.17) is 5.73 Å². The van der Waals surface area contributed by atoms with Crippen LogP contribution in [-0.2, 0) is 12.1 Å². The van der Waals surface area contributed by atoms with Gasteiger partial charge in [-0.3, -0.25) is 0 Å². The van der Waals surface area contributed by atoms with Crippen molar-refractivity contribution in [3.8, 4) is 0 Å². The van der Waals surface area contributed by atoms with E-state index >= 15 is 0 Å². The highest BCUT2D eigenvalue weighted by Gasteiger charge is 2.48. The molecule has 0 unspecified atom stereocenters. The van der Waals surface area contributed by atoms with E-state index in [2.05, 4.69) is 0 Å². The van der Waals surface area contributed by atoms with Crippen molar-refractivity contribution in [3.63, 3.8) is 0 Å². The highest BCUT2D eigenvalue weighted by atomic mass is 19.4. The molecule has 0 aromatic heterocycles. The molecule has 0 spiro atoms. The van der Waals surface area contributed by atoms with E-state index in [1.807, 2.05) is 0 Å². The van der Waals surface area contributed by atoms with Gasteiger partial charge in [-0.25, -0.2) is 8.78 Å². The van der Waals surface area contributed by atoms with E-state index < -0.39 is 35.2 Å². The Labute approximate surface area is 101 Å². The van der Waals surface area contributed by atoms with Gasteiger partial charge in [-0.05, 0) is 25.0 Å². The summed E-state index contributed by atoms with van der Waals surface area (Å²) in [6.07, 6.45) is -4.25. The summed E-state index contributed by atoms with van der Waals surface area (Å²) < 4.78 is 64.9. The molecule has 6 heteroatoms. The second-order valence-electron chi connectivity index (χ2n) is 4.82. The summed E-state index contributed by atoms with van der Waals surface area (Å²) in [4.78, 5) is 0. The van der Waals surface area contributed by atoms with Crippen molar-refractivity contribution in [1.29, 1.82) is 0 Å². The molecule has 1 saturated carbocycles. The molecule has 100 valence electrons. The number of nitrogens with two attached hydrogens (primary N) is 1. The van der Waals surface area contributed by atoms with Crippen LogP contribution in [0.15, 0.2) is 24.3 Å². The lowest BCUT2D eigenvalue weighted by Crippen LogP contribution is -2.30. The topological polar surface area (TPSA) is 26.0 Å². The van der Waals surface area contributed by atoms with Crippen molar-refractivity contribution >= 4 is 0 Å². The molecule has 0 heterocycles. The van der Waals surface area contributed by atoms with Crippen LogP contribution in [0.1, 0.15) is 30.4 Å². The second kappa shape index (κ2) is 3.91. The first-order chi connectivity index (χ1) is 8.12. The molecule has 0 atom stereocenters. The summed E-state index contributed by atoms with van der Waals surface area (Å²) >= 11 is 0. The van der Waals surface area contributed by atoms with Crippen molar-refractivity contribution in [2.75, 3.05) is 0 Å². The number of hydrogen-bond acceptors (Lipinski definition) is 1. The third kappa shape index (κ3) is 2.80. The van der Waals surface area contributed by atoms with E-state index in [-0.39, 0.29) is 0 Å². The average molecular weight is 265 g/mol. The standard InChI is InChI=1S/C12H12F5N/c13-11(14,7-10(18)4-5-10)8-2-1-3-9(6-8)12(15,16)17/h1-3,6H,4-5,7,18H2. The smallest absolute Gasteiger partial charge is 0.325 e. The first-order valence-electron chi connectivity index (χ1n) is 5.47. The third-order valence-corrected chi connectivity index (χ3v) is 3.08. The number of hydrogen-bond donors (Lipinski definition) is 1. The van der Waals surface area contributed by atoms with Gasteiger partial charge in [-0.15, -0.1) is 0 Å². The molecule has 0 saturated heterocycles. The summed E-state index contributed by atoms with van der Waals surface area (Å²) in [5.74, 6) is -3.33. The van der Waals surface area contributed by atoms with Gasteiger partial charge in [-0.2, -0.15) is 13.2 Å². The van der Waals surface area contributed by atoms with Crippen molar-refractivity contribution in [1.82, 2.24) is 0 Å². The summed E-state index contributed by atoms with van der Waals surface area (Å²) in [5, 5.41) is 0. The van der Waals surface area contributed by atoms with Crippen LogP contribution in [0, 0.1) is 0 Å². The summed E-state index contributed by atoms with van der Waals surface area (Å²) in [6, 6.07) is 3.25. The normalized spacial score (nSPS) is 18.8. The zero-order valence-corrected chi connectivity index (χ0v) is 9.40. The summed E-state index contributed by atoms with van der Waals surface area (Å²) in [6.45, 7) is 0. The maximum absolute atomic E-state index is 13.8. The Kier molecular flexibility index (Phi) is 2.88. The first-order valence-corrected chi connectivity index (χ1v) is 5.47. The Bertz CT molecular complexity index is 448. The molecule has 1 aliphatic carbocycles. The van der Waals surface area contributed by atoms with Gasteiger partial charge in [0.1, 0.15) is 0 Å². The SMILES string of the molecule is NC1(CC(F)(F)c2cccc(C(F)(F)F)c2)CC1. The second-order valence-corrected chi connectivity index (χ2v) is 4.82. The number of halogens is 5. The summed E-state index contributed by atoms with van der Waals surface area (Å²) in [5.41, 5.74) is 2.97. The van der Waals surface area contributed by atoms with Crippen molar-refractivity contribution in [2.45, 2.75) is 36.9 Å². The molecule has 18 heavy (non-hydrogen) atoms. The van der Waals surface area contributed by atoms with Crippen LogP contribution in [0.4, 0.5) is 22.0 Å². The maximum atomic E-state index is 13.8. The Hall–Kier alpha value is -1.17. The third-order valence-electron chi connectivity index (χ3n) is 3.08. The fraction of sp³-hybridized carbons (Fsp3) is 0.500. The van der Waals surface area contributed by atoms with Gasteiger partial charge >= 0.3 is 6.18 Å². The molecule has 1 nitrogen and oxygen atoms in total. The van der Waals surface area contributed by atoms with Gasteiger partial charge in [0.15, 0.2) is 0 Å². The van der Waals surface area contributed by atoms with Gasteiger partial charge < -0.3 is 5.73 Å². The van der Waals surface area contributed by atoms with E-state index in [9.17, 15) is 22.0 Å². The first kappa shape index (κ1) is 13.3. The Morgan fingerprint density at radius 3 is 2.11 bits per heavy atom. The van der Waals surface area contributed by atoms with Crippen molar-refractivity contribution < 1.29 is 22.0 Å². The van der Waals surface area contributed by atoms with E-state index in [0.717, 1.165) is 18.2 Å². The fourth-order valence-corrected chi connectivity index (χ4v) is 1.80. The van der Waals surface area contributed by atoms with Crippen LogP contribution < -0.4 is 5.73 Å². The number of benzene rings is 1. The molecule has 1 aliphatic rings. The molecule has 1 aromatic rings. The molecular formula is C12H12F5N. The molecule has 0 bridgehead atoms. The number of alkyl halides is 5. The average Bonchev–Trinajstić information content (AvgIpc) is 2.94. The van der Waals surface area contributed by atoms with Gasteiger partial charge in [0.05, 0.1) is 5.56 Å². The molecule has 1 aromatic carbocycles. The van der Waals surface area contributed by atoms with E-state index in [1.54, 1.807) is 0 Å². The molecule has 1 fully saturated rings. The predicted molar refractivity (Wildman–Crippen MR) is 56.1 cm³/mol. The van der Waals surface area contributed by atoms with Crippen LogP contribution >= 0.6 is 0 Å². The van der Waals surface area contributed by atoms with E-state index in [0.29, 0.717) is 18.9 Å². The minimum absolute atomic E-state index is 0.488. The lowest BCUT2D eigenvalue weighted by molar-refractivity contribution is -0.137. The molecule has 2 N–H and O–H groups in total. The largest absolute Gasteiger partial charge is 0.416 e. The lowest BCUT2D eigenvalue weighted by atomic mass is 9.98. The molecular weight excluding hydrogens is 253 g/mol. The molecule has 0 aliphatic heterocycles. The van der Waals surface area contributed by atoms with Gasteiger partial charge in [0.25, 0.3) is 5.92 Å². The van der Waals surface area contributed by atoms with Crippen LogP contribution in [0.2, 0.25) is 0 Å². The highest BCUT2D eigenvalue weighted by molar-refractivity contribution is 5.29. The molecule has 0 amide bonds. The molecule has 0 radical (unpaired) electrons. The predicted octanol–water partition coefficient (Wildman–Crippen LogP) is 3.68. The minimum atomic E-state index is -4.62. The van der Waals surface area contributed by atoms with Gasteiger partial charge in [-0.1, -0.05) is 12.1 Å². The minimum Gasteiger partial charge on any atom is -0.325 e. The van der Waals surface area contributed by atoms with Gasteiger partial charge in [0, 0.05) is 17.5 Å². The maximum Gasteiger partial charge on any atom is 0.416 e. The zero-order valence-electron chi connectivity index (χ0n) is 9.40.